The molecule has 1 aliphatic carbocycles. The van der Waals surface area contributed by atoms with E-state index >= 15 is 0 Å². The molecule has 1 heterocycles. The number of hydrogen-bond donors (Lipinski definition) is 1. The van der Waals surface area contributed by atoms with Crippen molar-refractivity contribution in [2.75, 3.05) is 0 Å². The fourth-order valence-electron chi connectivity index (χ4n) is 1.95. The smallest absolute Gasteiger partial charge is 0.271 e. The van der Waals surface area contributed by atoms with Crippen molar-refractivity contribution in [1.29, 1.82) is 5.26 Å². The van der Waals surface area contributed by atoms with Gasteiger partial charge in [0, 0.05) is 18.4 Å². The van der Waals surface area contributed by atoms with Crippen LogP contribution in [-0.2, 0) is 0 Å². The van der Waals surface area contributed by atoms with Gasteiger partial charge < -0.3 is 5.32 Å². The Balaban J connectivity index is 2.01. The van der Waals surface area contributed by atoms with Crippen molar-refractivity contribution in [2.24, 2.45) is 5.92 Å². The van der Waals surface area contributed by atoms with Crippen LogP contribution in [0.3, 0.4) is 0 Å². The standard InChI is InChI=1S/C11H12N4O/c12-6-8-2-1-3-9(8)15-11(16)10-7-13-4-5-14-10/h4-5,7-9H,1-3H2,(H,15,16). The minimum absolute atomic E-state index is 0.0421. The zero-order chi connectivity index (χ0) is 11.4. The number of carbonyl (C=O) groups excluding carboxylic acids is 1. The zero-order valence-corrected chi connectivity index (χ0v) is 8.76. The van der Waals surface area contributed by atoms with Gasteiger partial charge in [0.2, 0.25) is 0 Å². The molecule has 1 saturated carbocycles. The first-order valence-corrected chi connectivity index (χ1v) is 5.28. The van der Waals surface area contributed by atoms with E-state index in [4.69, 9.17) is 5.26 Å². The van der Waals surface area contributed by atoms with Crippen molar-refractivity contribution in [2.45, 2.75) is 25.3 Å². The molecule has 1 aromatic rings. The molecule has 0 aromatic carbocycles. The highest BCUT2D eigenvalue weighted by Gasteiger charge is 2.28. The Morgan fingerprint density at radius 1 is 1.50 bits per heavy atom. The highest BCUT2D eigenvalue weighted by molar-refractivity contribution is 5.92. The molecule has 1 fully saturated rings. The third kappa shape index (κ3) is 2.16. The lowest BCUT2D eigenvalue weighted by molar-refractivity contribution is 0.0927. The van der Waals surface area contributed by atoms with E-state index in [9.17, 15) is 4.79 Å². The molecule has 2 rings (SSSR count). The van der Waals surface area contributed by atoms with Crippen molar-refractivity contribution in [3.05, 3.63) is 24.3 Å². The van der Waals surface area contributed by atoms with Gasteiger partial charge in [-0.3, -0.25) is 9.78 Å². The second kappa shape index (κ2) is 4.71. The van der Waals surface area contributed by atoms with Crippen LogP contribution >= 0.6 is 0 Å². The van der Waals surface area contributed by atoms with E-state index in [-0.39, 0.29) is 17.9 Å². The second-order valence-electron chi connectivity index (χ2n) is 3.84. The minimum atomic E-state index is -0.250. The quantitative estimate of drug-likeness (QED) is 0.796. The summed E-state index contributed by atoms with van der Waals surface area (Å²) in [6.45, 7) is 0. The summed E-state index contributed by atoms with van der Waals surface area (Å²) in [7, 11) is 0. The monoisotopic (exact) mass is 216 g/mol. The van der Waals surface area contributed by atoms with Gasteiger partial charge in [0.1, 0.15) is 5.69 Å². The van der Waals surface area contributed by atoms with Gasteiger partial charge in [-0.25, -0.2) is 4.98 Å². The number of nitrogens with zero attached hydrogens (tertiary/aromatic N) is 3. The number of aromatic nitrogens is 2. The van der Waals surface area contributed by atoms with E-state index in [0.717, 1.165) is 19.3 Å². The largest absolute Gasteiger partial charge is 0.347 e. The maximum Gasteiger partial charge on any atom is 0.271 e. The van der Waals surface area contributed by atoms with Crippen LogP contribution in [0.2, 0.25) is 0 Å². The molecule has 82 valence electrons. The average molecular weight is 216 g/mol. The molecule has 1 aromatic heterocycles. The molecule has 2 unspecified atom stereocenters. The van der Waals surface area contributed by atoms with Gasteiger partial charge >= 0.3 is 0 Å². The first-order chi connectivity index (χ1) is 7.81. The van der Waals surface area contributed by atoms with E-state index in [1.54, 1.807) is 0 Å². The zero-order valence-electron chi connectivity index (χ0n) is 8.76. The van der Waals surface area contributed by atoms with Crippen LogP contribution in [0.15, 0.2) is 18.6 Å². The van der Waals surface area contributed by atoms with Gasteiger partial charge in [-0.15, -0.1) is 0 Å². The van der Waals surface area contributed by atoms with Gasteiger partial charge in [-0.1, -0.05) is 0 Å². The Morgan fingerprint density at radius 3 is 3.06 bits per heavy atom. The maximum absolute atomic E-state index is 11.7. The topological polar surface area (TPSA) is 78.7 Å². The number of nitrogens with one attached hydrogen (secondary N) is 1. The maximum atomic E-state index is 11.7. The fraction of sp³-hybridized carbons (Fsp3) is 0.455. The van der Waals surface area contributed by atoms with Crippen molar-refractivity contribution in [3.63, 3.8) is 0 Å². The molecule has 5 heteroatoms. The van der Waals surface area contributed by atoms with E-state index in [1.807, 2.05) is 0 Å². The summed E-state index contributed by atoms with van der Waals surface area (Å²) in [6.07, 6.45) is 7.14. The first-order valence-electron chi connectivity index (χ1n) is 5.28. The van der Waals surface area contributed by atoms with E-state index < -0.39 is 0 Å². The molecular weight excluding hydrogens is 204 g/mol. The lowest BCUT2D eigenvalue weighted by Gasteiger charge is -2.14. The highest BCUT2D eigenvalue weighted by Crippen LogP contribution is 2.24. The summed E-state index contributed by atoms with van der Waals surface area (Å²) in [5, 5.41) is 11.7. The molecule has 1 amide bonds. The lowest BCUT2D eigenvalue weighted by Crippen LogP contribution is -2.37. The van der Waals surface area contributed by atoms with E-state index in [0.29, 0.717) is 5.69 Å². The van der Waals surface area contributed by atoms with Crippen molar-refractivity contribution < 1.29 is 4.79 Å². The molecule has 1 aliphatic rings. The molecule has 16 heavy (non-hydrogen) atoms. The van der Waals surface area contributed by atoms with Gasteiger partial charge in [0.05, 0.1) is 18.2 Å². The van der Waals surface area contributed by atoms with Crippen LogP contribution in [0.5, 0.6) is 0 Å². The minimum Gasteiger partial charge on any atom is -0.347 e. The summed E-state index contributed by atoms with van der Waals surface area (Å²) >= 11 is 0. The van der Waals surface area contributed by atoms with E-state index in [1.165, 1.54) is 18.6 Å². The summed E-state index contributed by atoms with van der Waals surface area (Å²) in [5.41, 5.74) is 0.297. The third-order valence-corrected chi connectivity index (χ3v) is 2.79. The molecule has 5 nitrogen and oxygen atoms in total. The Bertz CT molecular complexity index is 412. The van der Waals surface area contributed by atoms with Crippen molar-refractivity contribution in [3.8, 4) is 6.07 Å². The molecule has 0 saturated heterocycles. The van der Waals surface area contributed by atoms with Crippen LogP contribution in [-0.4, -0.2) is 21.9 Å². The molecule has 0 spiro atoms. The molecule has 0 bridgehead atoms. The summed E-state index contributed by atoms with van der Waals surface area (Å²) in [5.74, 6) is -0.319. The lowest BCUT2D eigenvalue weighted by atomic mass is 10.1. The average Bonchev–Trinajstić information content (AvgIpc) is 2.77. The Morgan fingerprint density at radius 2 is 2.38 bits per heavy atom. The number of carbonyl (C=O) groups is 1. The SMILES string of the molecule is N#CC1CCCC1NC(=O)c1cnccn1. The molecule has 0 radical (unpaired) electrons. The molecule has 0 aliphatic heterocycles. The number of amides is 1. The summed E-state index contributed by atoms with van der Waals surface area (Å²) in [4.78, 5) is 19.5. The Labute approximate surface area is 93.5 Å². The summed E-state index contributed by atoms with van der Waals surface area (Å²) < 4.78 is 0. The van der Waals surface area contributed by atoms with E-state index in [2.05, 4.69) is 21.4 Å². The van der Waals surface area contributed by atoms with Gasteiger partial charge in [-0.2, -0.15) is 5.26 Å². The Kier molecular flexibility index (Phi) is 3.10. The van der Waals surface area contributed by atoms with Crippen LogP contribution in [0.4, 0.5) is 0 Å². The van der Waals surface area contributed by atoms with Gasteiger partial charge in [0.25, 0.3) is 5.91 Å². The van der Waals surface area contributed by atoms with Gasteiger partial charge in [0.15, 0.2) is 0 Å². The third-order valence-electron chi connectivity index (χ3n) is 2.79. The normalized spacial score (nSPS) is 23.7. The molecule has 2 atom stereocenters. The number of rotatable bonds is 2. The number of hydrogen-bond acceptors (Lipinski definition) is 4. The number of nitriles is 1. The Hall–Kier alpha value is -1.96. The molecular formula is C11H12N4O. The van der Waals surface area contributed by atoms with Crippen LogP contribution in [0.1, 0.15) is 29.8 Å². The van der Waals surface area contributed by atoms with Gasteiger partial charge in [-0.05, 0) is 19.3 Å². The first kappa shape index (κ1) is 10.6. The van der Waals surface area contributed by atoms with Crippen LogP contribution in [0, 0.1) is 17.2 Å². The fourth-order valence-corrected chi connectivity index (χ4v) is 1.95. The predicted molar refractivity (Wildman–Crippen MR) is 56.2 cm³/mol. The highest BCUT2D eigenvalue weighted by atomic mass is 16.1. The van der Waals surface area contributed by atoms with Crippen LogP contribution in [0.25, 0.3) is 0 Å². The van der Waals surface area contributed by atoms with Crippen molar-refractivity contribution >= 4 is 5.91 Å². The molecule has 1 N–H and O–H groups in total. The second-order valence-corrected chi connectivity index (χ2v) is 3.84. The van der Waals surface area contributed by atoms with Crippen LogP contribution < -0.4 is 5.32 Å². The van der Waals surface area contributed by atoms with Crippen molar-refractivity contribution in [1.82, 2.24) is 15.3 Å². The predicted octanol–water partition coefficient (Wildman–Crippen LogP) is 0.899. The summed E-state index contributed by atoms with van der Waals surface area (Å²) in [6, 6.07) is 2.18.